The fourth-order valence-electron chi connectivity index (χ4n) is 3.09. The number of rotatable bonds is 3. The summed E-state index contributed by atoms with van der Waals surface area (Å²) in [5.74, 6) is 0.406. The summed E-state index contributed by atoms with van der Waals surface area (Å²) in [5, 5.41) is 3.57. The molecule has 0 bridgehead atoms. The van der Waals surface area contributed by atoms with E-state index in [0.29, 0.717) is 18.6 Å². The molecule has 0 radical (unpaired) electrons. The Balaban J connectivity index is 2.03. The van der Waals surface area contributed by atoms with E-state index in [1.807, 2.05) is 6.92 Å². The summed E-state index contributed by atoms with van der Waals surface area (Å²) < 4.78 is 5.02. The van der Waals surface area contributed by atoms with Crippen LogP contribution in [-0.2, 0) is 9.53 Å². The predicted octanol–water partition coefficient (Wildman–Crippen LogP) is 2.42. The minimum atomic E-state index is -0.160. The van der Waals surface area contributed by atoms with Crippen molar-refractivity contribution in [3.05, 3.63) is 11.6 Å². The highest BCUT2D eigenvalue weighted by Gasteiger charge is 2.29. The molecule has 2 unspecified atom stereocenters. The average molecular weight is 237 g/mol. The van der Waals surface area contributed by atoms with Crippen LogP contribution in [0.1, 0.15) is 45.4 Å². The Labute approximate surface area is 104 Å². The molecule has 0 spiro atoms. The quantitative estimate of drug-likeness (QED) is 0.605. The van der Waals surface area contributed by atoms with E-state index in [-0.39, 0.29) is 5.97 Å². The zero-order valence-corrected chi connectivity index (χ0v) is 10.7. The monoisotopic (exact) mass is 237 g/mol. The van der Waals surface area contributed by atoms with E-state index in [1.165, 1.54) is 37.7 Å². The summed E-state index contributed by atoms with van der Waals surface area (Å²) >= 11 is 0. The second-order valence-electron chi connectivity index (χ2n) is 5.03. The van der Waals surface area contributed by atoms with Gasteiger partial charge in [0.15, 0.2) is 0 Å². The van der Waals surface area contributed by atoms with Crippen LogP contribution in [0.2, 0.25) is 0 Å². The fourth-order valence-corrected chi connectivity index (χ4v) is 3.09. The summed E-state index contributed by atoms with van der Waals surface area (Å²) in [7, 11) is 0. The van der Waals surface area contributed by atoms with Gasteiger partial charge < -0.3 is 10.1 Å². The number of carbonyl (C=O) groups excluding carboxylic acids is 1. The van der Waals surface area contributed by atoms with Crippen molar-refractivity contribution in [3.8, 4) is 0 Å². The lowest BCUT2D eigenvalue weighted by Gasteiger charge is -2.30. The fraction of sp³-hybridized carbons (Fsp3) is 0.786. The Morgan fingerprint density at radius 2 is 2.29 bits per heavy atom. The molecule has 2 fully saturated rings. The van der Waals surface area contributed by atoms with Crippen LogP contribution in [0.15, 0.2) is 11.6 Å². The third kappa shape index (κ3) is 3.32. The molecule has 3 nitrogen and oxygen atoms in total. The van der Waals surface area contributed by atoms with Crippen LogP contribution in [0.5, 0.6) is 0 Å². The van der Waals surface area contributed by atoms with Crippen molar-refractivity contribution in [2.75, 3.05) is 13.2 Å². The van der Waals surface area contributed by atoms with Gasteiger partial charge in [-0.1, -0.05) is 12.0 Å². The second kappa shape index (κ2) is 6.20. The maximum absolute atomic E-state index is 11.6. The Hall–Kier alpha value is -0.830. The lowest BCUT2D eigenvalue weighted by Crippen LogP contribution is -2.33. The zero-order chi connectivity index (χ0) is 12.1. The van der Waals surface area contributed by atoms with Crippen molar-refractivity contribution >= 4 is 5.97 Å². The number of esters is 1. The van der Waals surface area contributed by atoms with E-state index in [1.54, 1.807) is 6.08 Å². The summed E-state index contributed by atoms with van der Waals surface area (Å²) in [4.78, 5) is 11.6. The van der Waals surface area contributed by atoms with Crippen molar-refractivity contribution in [1.82, 2.24) is 5.32 Å². The van der Waals surface area contributed by atoms with Crippen molar-refractivity contribution in [1.29, 1.82) is 0 Å². The lowest BCUT2D eigenvalue weighted by atomic mass is 9.79. The highest BCUT2D eigenvalue weighted by atomic mass is 16.5. The number of ether oxygens (including phenoxy) is 1. The van der Waals surface area contributed by atoms with Gasteiger partial charge in [-0.05, 0) is 51.5 Å². The van der Waals surface area contributed by atoms with Crippen LogP contribution in [0.25, 0.3) is 0 Å². The molecule has 1 N–H and O–H groups in total. The molecule has 17 heavy (non-hydrogen) atoms. The molecule has 1 aliphatic carbocycles. The highest BCUT2D eigenvalue weighted by molar-refractivity contribution is 5.82. The normalized spacial score (nSPS) is 31.7. The van der Waals surface area contributed by atoms with E-state index in [2.05, 4.69) is 5.32 Å². The molecule has 0 amide bonds. The third-order valence-electron chi connectivity index (χ3n) is 3.88. The molecule has 1 saturated carbocycles. The van der Waals surface area contributed by atoms with Gasteiger partial charge in [0, 0.05) is 12.1 Å². The Bertz CT molecular complexity index is 293. The van der Waals surface area contributed by atoms with Crippen LogP contribution in [0, 0.1) is 5.92 Å². The van der Waals surface area contributed by atoms with Gasteiger partial charge in [-0.15, -0.1) is 0 Å². The first-order valence-electron chi connectivity index (χ1n) is 6.92. The molecule has 0 aromatic heterocycles. The topological polar surface area (TPSA) is 38.3 Å². The minimum Gasteiger partial charge on any atom is -0.463 e. The largest absolute Gasteiger partial charge is 0.463 e. The molecule has 2 aliphatic rings. The van der Waals surface area contributed by atoms with E-state index in [4.69, 9.17) is 4.74 Å². The van der Waals surface area contributed by atoms with Gasteiger partial charge in [-0.3, -0.25) is 0 Å². The van der Waals surface area contributed by atoms with Crippen LogP contribution >= 0.6 is 0 Å². The Morgan fingerprint density at radius 1 is 1.41 bits per heavy atom. The van der Waals surface area contributed by atoms with E-state index < -0.39 is 0 Å². The molecule has 0 aromatic rings. The second-order valence-corrected chi connectivity index (χ2v) is 5.03. The lowest BCUT2D eigenvalue weighted by molar-refractivity contribution is -0.137. The van der Waals surface area contributed by atoms with E-state index in [9.17, 15) is 4.79 Å². The predicted molar refractivity (Wildman–Crippen MR) is 67.7 cm³/mol. The molecular formula is C14H23NO2. The van der Waals surface area contributed by atoms with E-state index >= 15 is 0 Å². The smallest absolute Gasteiger partial charge is 0.330 e. The minimum absolute atomic E-state index is 0.160. The summed E-state index contributed by atoms with van der Waals surface area (Å²) in [6.45, 7) is 3.45. The van der Waals surface area contributed by atoms with Crippen LogP contribution in [0.3, 0.4) is 0 Å². The maximum Gasteiger partial charge on any atom is 0.330 e. The summed E-state index contributed by atoms with van der Waals surface area (Å²) in [5.41, 5.74) is 1.31. The van der Waals surface area contributed by atoms with Gasteiger partial charge in [-0.2, -0.15) is 0 Å². The van der Waals surface area contributed by atoms with Gasteiger partial charge in [0.05, 0.1) is 6.61 Å². The molecular weight excluding hydrogens is 214 g/mol. The maximum atomic E-state index is 11.6. The summed E-state index contributed by atoms with van der Waals surface area (Å²) in [6, 6.07) is 0.593. The van der Waals surface area contributed by atoms with Gasteiger partial charge in [0.1, 0.15) is 0 Å². The number of nitrogens with one attached hydrogen (secondary N) is 1. The molecule has 2 rings (SSSR count). The molecule has 0 aromatic carbocycles. The van der Waals surface area contributed by atoms with Crippen LogP contribution < -0.4 is 5.32 Å². The molecule has 1 aliphatic heterocycles. The highest BCUT2D eigenvalue weighted by Crippen LogP contribution is 2.34. The average Bonchev–Trinajstić information content (AvgIpc) is 2.83. The van der Waals surface area contributed by atoms with Crippen molar-refractivity contribution in [2.24, 2.45) is 5.92 Å². The molecule has 1 saturated heterocycles. The Kier molecular flexibility index (Phi) is 4.60. The first kappa shape index (κ1) is 12.6. The first-order chi connectivity index (χ1) is 8.31. The standard InChI is InChI=1S/C14H23NO2/c1-2-17-14(16)10-11-6-3-4-7-12(11)13-8-5-9-15-13/h10,12-13,15H,2-9H2,1H3/b11-10-. The number of carbonyl (C=O) groups is 1. The van der Waals surface area contributed by atoms with Gasteiger partial charge in [0.2, 0.25) is 0 Å². The van der Waals surface area contributed by atoms with Gasteiger partial charge in [0.25, 0.3) is 0 Å². The third-order valence-corrected chi connectivity index (χ3v) is 3.88. The van der Waals surface area contributed by atoms with Crippen LogP contribution in [0.4, 0.5) is 0 Å². The SMILES string of the molecule is CCOC(=O)/C=C1/CCCCC1C1CCCN1. The number of hydrogen-bond donors (Lipinski definition) is 1. The summed E-state index contributed by atoms with van der Waals surface area (Å²) in [6.07, 6.45) is 9.09. The van der Waals surface area contributed by atoms with Crippen molar-refractivity contribution < 1.29 is 9.53 Å². The Morgan fingerprint density at radius 3 is 3.00 bits per heavy atom. The van der Waals surface area contributed by atoms with Crippen molar-refractivity contribution in [2.45, 2.75) is 51.5 Å². The molecule has 96 valence electrons. The molecule has 3 heteroatoms. The van der Waals surface area contributed by atoms with Crippen LogP contribution in [-0.4, -0.2) is 25.2 Å². The molecule has 1 heterocycles. The van der Waals surface area contributed by atoms with Gasteiger partial charge in [-0.25, -0.2) is 4.79 Å². The first-order valence-corrected chi connectivity index (χ1v) is 6.92. The van der Waals surface area contributed by atoms with Crippen molar-refractivity contribution in [3.63, 3.8) is 0 Å². The number of hydrogen-bond acceptors (Lipinski definition) is 3. The van der Waals surface area contributed by atoms with E-state index in [0.717, 1.165) is 13.0 Å². The van der Waals surface area contributed by atoms with Gasteiger partial charge >= 0.3 is 5.97 Å². The zero-order valence-electron chi connectivity index (χ0n) is 10.7. The molecule has 2 atom stereocenters.